The molecule has 1 aliphatic carbocycles. The van der Waals surface area contributed by atoms with Crippen LogP contribution < -0.4 is 5.32 Å². The fourth-order valence-corrected chi connectivity index (χ4v) is 2.93. The van der Waals surface area contributed by atoms with Crippen molar-refractivity contribution >= 4 is 16.7 Å². The Morgan fingerprint density at radius 3 is 2.95 bits per heavy atom. The highest BCUT2D eigenvalue weighted by Crippen LogP contribution is 2.30. The Hall–Kier alpha value is -1.65. The maximum atomic E-state index is 6.11. The second-order valence-electron chi connectivity index (χ2n) is 6.32. The zero-order valence-electron chi connectivity index (χ0n) is 12.7. The van der Waals surface area contributed by atoms with Gasteiger partial charge in [0.1, 0.15) is 5.82 Å². The number of pyridine rings is 1. The van der Waals surface area contributed by atoms with Crippen molar-refractivity contribution in [3.05, 3.63) is 36.4 Å². The maximum Gasteiger partial charge on any atom is 0.127 e. The summed E-state index contributed by atoms with van der Waals surface area (Å²) in [5.41, 5.74) is 1.01. The predicted octanol–water partition coefficient (Wildman–Crippen LogP) is 3.23. The Kier molecular flexibility index (Phi) is 3.95. The summed E-state index contributed by atoms with van der Waals surface area (Å²) in [6.07, 6.45) is 3.83. The SMILES string of the molecule is c1ccc2nc(N[C@H]3COCC[C@H]3OCC3CC3)ccc2c1. The number of aromatic nitrogens is 1. The smallest absolute Gasteiger partial charge is 0.127 e. The van der Waals surface area contributed by atoms with Gasteiger partial charge in [-0.05, 0) is 43.4 Å². The lowest BCUT2D eigenvalue weighted by Crippen LogP contribution is -2.44. The Balaban J connectivity index is 1.46. The zero-order valence-corrected chi connectivity index (χ0v) is 12.7. The molecule has 2 fully saturated rings. The van der Waals surface area contributed by atoms with Crippen LogP contribution in [0.2, 0.25) is 0 Å². The van der Waals surface area contributed by atoms with Crippen LogP contribution in [0.5, 0.6) is 0 Å². The number of para-hydroxylation sites is 1. The molecule has 4 rings (SSSR count). The van der Waals surface area contributed by atoms with Crippen molar-refractivity contribution in [1.82, 2.24) is 4.98 Å². The van der Waals surface area contributed by atoms with Crippen LogP contribution in [0.1, 0.15) is 19.3 Å². The maximum absolute atomic E-state index is 6.11. The largest absolute Gasteiger partial charge is 0.379 e. The van der Waals surface area contributed by atoms with Gasteiger partial charge in [0.05, 0.1) is 24.3 Å². The predicted molar refractivity (Wildman–Crippen MR) is 87.1 cm³/mol. The van der Waals surface area contributed by atoms with Crippen LogP contribution in [0.3, 0.4) is 0 Å². The molecule has 1 saturated carbocycles. The fourth-order valence-electron chi connectivity index (χ4n) is 2.93. The third kappa shape index (κ3) is 3.23. The van der Waals surface area contributed by atoms with Crippen molar-refractivity contribution in [2.45, 2.75) is 31.4 Å². The number of hydrogen-bond donors (Lipinski definition) is 1. The Morgan fingerprint density at radius 2 is 2.05 bits per heavy atom. The summed E-state index contributed by atoms with van der Waals surface area (Å²) in [6, 6.07) is 12.5. The van der Waals surface area contributed by atoms with Crippen LogP contribution in [0.4, 0.5) is 5.82 Å². The summed E-state index contributed by atoms with van der Waals surface area (Å²) in [7, 11) is 0. The number of hydrogen-bond acceptors (Lipinski definition) is 4. The summed E-state index contributed by atoms with van der Waals surface area (Å²) in [6.45, 7) is 2.37. The van der Waals surface area contributed by atoms with Crippen molar-refractivity contribution in [1.29, 1.82) is 0 Å². The Labute approximate surface area is 130 Å². The summed E-state index contributed by atoms with van der Waals surface area (Å²) in [5, 5.41) is 4.67. The second kappa shape index (κ2) is 6.23. The molecular formula is C18H22N2O2. The molecule has 4 nitrogen and oxygen atoms in total. The molecule has 1 aromatic carbocycles. The van der Waals surface area contributed by atoms with Gasteiger partial charge >= 0.3 is 0 Å². The van der Waals surface area contributed by atoms with Gasteiger partial charge in [0.25, 0.3) is 0 Å². The van der Waals surface area contributed by atoms with Crippen LogP contribution in [-0.2, 0) is 9.47 Å². The van der Waals surface area contributed by atoms with E-state index in [2.05, 4.69) is 22.4 Å². The third-order valence-electron chi connectivity index (χ3n) is 4.47. The van der Waals surface area contributed by atoms with E-state index in [9.17, 15) is 0 Å². The summed E-state index contributed by atoms with van der Waals surface area (Å²) < 4.78 is 11.7. The highest BCUT2D eigenvalue weighted by molar-refractivity contribution is 5.80. The molecule has 2 aromatic rings. The summed E-state index contributed by atoms with van der Waals surface area (Å²) >= 11 is 0. The number of benzene rings is 1. The molecule has 0 spiro atoms. The lowest BCUT2D eigenvalue weighted by molar-refractivity contribution is -0.0439. The van der Waals surface area contributed by atoms with Crippen molar-refractivity contribution in [2.24, 2.45) is 5.92 Å². The van der Waals surface area contributed by atoms with Gasteiger partial charge < -0.3 is 14.8 Å². The van der Waals surface area contributed by atoms with Gasteiger partial charge in [-0.2, -0.15) is 0 Å². The molecule has 1 saturated heterocycles. The number of nitrogens with zero attached hydrogens (tertiary/aromatic N) is 1. The van der Waals surface area contributed by atoms with Crippen molar-refractivity contribution in [3.63, 3.8) is 0 Å². The second-order valence-corrected chi connectivity index (χ2v) is 6.32. The minimum absolute atomic E-state index is 0.182. The Bertz CT molecular complexity index is 642. The minimum Gasteiger partial charge on any atom is -0.379 e. The molecule has 4 heteroatoms. The number of rotatable bonds is 5. The van der Waals surface area contributed by atoms with E-state index in [1.165, 1.54) is 12.8 Å². The first-order valence-corrected chi connectivity index (χ1v) is 8.20. The number of ether oxygens (including phenoxy) is 2. The van der Waals surface area contributed by atoms with Gasteiger partial charge in [0, 0.05) is 18.6 Å². The topological polar surface area (TPSA) is 43.4 Å². The van der Waals surface area contributed by atoms with E-state index in [-0.39, 0.29) is 12.1 Å². The van der Waals surface area contributed by atoms with E-state index >= 15 is 0 Å². The first kappa shape index (κ1) is 14.0. The highest BCUT2D eigenvalue weighted by Gasteiger charge is 2.29. The van der Waals surface area contributed by atoms with Gasteiger partial charge in [-0.15, -0.1) is 0 Å². The molecule has 1 N–H and O–H groups in total. The average molecular weight is 298 g/mol. The van der Waals surface area contributed by atoms with E-state index in [0.717, 1.165) is 42.3 Å². The molecule has 116 valence electrons. The number of anilines is 1. The quantitative estimate of drug-likeness (QED) is 0.920. The van der Waals surface area contributed by atoms with Crippen LogP contribution in [0.25, 0.3) is 10.9 Å². The standard InChI is InChI=1S/C18H22N2O2/c1-2-4-15-14(3-1)7-8-18(19-15)20-16-12-21-10-9-17(16)22-11-13-5-6-13/h1-4,7-8,13,16-17H,5-6,9-12H2,(H,19,20)/t16-,17+/m0/s1. The monoisotopic (exact) mass is 298 g/mol. The summed E-state index contributed by atoms with van der Waals surface area (Å²) in [5.74, 6) is 1.69. The van der Waals surface area contributed by atoms with Crippen LogP contribution in [-0.4, -0.2) is 37.0 Å². The molecule has 22 heavy (non-hydrogen) atoms. The number of nitrogens with one attached hydrogen (secondary N) is 1. The molecule has 0 amide bonds. The van der Waals surface area contributed by atoms with E-state index < -0.39 is 0 Å². The molecule has 1 aromatic heterocycles. The van der Waals surface area contributed by atoms with E-state index in [4.69, 9.17) is 9.47 Å². The van der Waals surface area contributed by atoms with Gasteiger partial charge in [-0.25, -0.2) is 4.98 Å². The lowest BCUT2D eigenvalue weighted by Gasteiger charge is -2.32. The van der Waals surface area contributed by atoms with Crippen LogP contribution in [0.15, 0.2) is 36.4 Å². The number of fused-ring (bicyclic) bond motifs is 1. The van der Waals surface area contributed by atoms with Gasteiger partial charge in [-0.3, -0.25) is 0 Å². The lowest BCUT2D eigenvalue weighted by atomic mass is 10.1. The molecule has 0 unspecified atom stereocenters. The minimum atomic E-state index is 0.182. The molecule has 2 atom stereocenters. The first-order valence-electron chi connectivity index (χ1n) is 8.20. The molecule has 0 radical (unpaired) electrons. The van der Waals surface area contributed by atoms with E-state index in [1.807, 2.05) is 24.3 Å². The van der Waals surface area contributed by atoms with E-state index in [1.54, 1.807) is 0 Å². The molecule has 2 heterocycles. The van der Waals surface area contributed by atoms with Crippen molar-refractivity contribution < 1.29 is 9.47 Å². The van der Waals surface area contributed by atoms with Crippen molar-refractivity contribution in [3.8, 4) is 0 Å². The van der Waals surface area contributed by atoms with E-state index in [0.29, 0.717) is 6.61 Å². The van der Waals surface area contributed by atoms with Gasteiger partial charge in [-0.1, -0.05) is 18.2 Å². The van der Waals surface area contributed by atoms with Gasteiger partial charge in [0.2, 0.25) is 0 Å². The van der Waals surface area contributed by atoms with Crippen LogP contribution >= 0.6 is 0 Å². The molecule has 2 aliphatic rings. The highest BCUT2D eigenvalue weighted by atomic mass is 16.5. The third-order valence-corrected chi connectivity index (χ3v) is 4.47. The first-order chi connectivity index (χ1) is 10.9. The fraction of sp³-hybridized carbons (Fsp3) is 0.500. The van der Waals surface area contributed by atoms with Crippen molar-refractivity contribution in [2.75, 3.05) is 25.1 Å². The average Bonchev–Trinajstić information content (AvgIpc) is 3.38. The van der Waals surface area contributed by atoms with Crippen LogP contribution in [0, 0.1) is 5.92 Å². The Morgan fingerprint density at radius 1 is 1.14 bits per heavy atom. The zero-order chi connectivity index (χ0) is 14.8. The molecular weight excluding hydrogens is 276 g/mol. The summed E-state index contributed by atoms with van der Waals surface area (Å²) in [4.78, 5) is 4.69. The normalized spacial score (nSPS) is 25.3. The molecule has 0 bridgehead atoms. The van der Waals surface area contributed by atoms with Gasteiger partial charge in [0.15, 0.2) is 0 Å². The molecule has 1 aliphatic heterocycles.